The molecule has 3 N–H and O–H groups in total. The van der Waals surface area contributed by atoms with E-state index < -0.39 is 9.84 Å². The van der Waals surface area contributed by atoms with Gasteiger partial charge in [0, 0.05) is 5.56 Å². The number of aliphatic imine (C=N–C) groups is 1. The molecule has 78 valence electrons. The molecule has 5 nitrogen and oxygen atoms in total. The third-order valence-corrected chi connectivity index (χ3v) is 3.31. The van der Waals surface area contributed by atoms with E-state index in [-0.39, 0.29) is 16.6 Å². The van der Waals surface area contributed by atoms with Crippen molar-refractivity contribution in [1.82, 2.24) is 0 Å². The Kier molecular flexibility index (Phi) is 2.01. The maximum absolute atomic E-state index is 11.5. The fraction of sp³-hybridized carbons (Fsp3) is 0. The Morgan fingerprint density at radius 2 is 1.80 bits per heavy atom. The van der Waals surface area contributed by atoms with E-state index in [4.69, 9.17) is 10.8 Å². The lowest BCUT2D eigenvalue weighted by molar-refractivity contribution is 0.475. The lowest BCUT2D eigenvalue weighted by atomic mass is 10.2. The Labute approximate surface area is 86.5 Å². The van der Waals surface area contributed by atoms with Gasteiger partial charge >= 0.3 is 0 Å². The number of nitrogens with zero attached hydrogens (tertiary/aromatic N) is 1. The van der Waals surface area contributed by atoms with Crippen molar-refractivity contribution in [2.75, 3.05) is 0 Å². The quantitative estimate of drug-likeness (QED) is 0.718. The molecule has 2 rings (SSSR count). The van der Waals surface area contributed by atoms with Crippen LogP contribution in [-0.2, 0) is 9.84 Å². The van der Waals surface area contributed by atoms with Crippen molar-refractivity contribution in [3.63, 3.8) is 0 Å². The Balaban J connectivity index is 2.52. The van der Waals surface area contributed by atoms with Crippen molar-refractivity contribution < 1.29 is 13.5 Å². The first-order chi connectivity index (χ1) is 6.99. The van der Waals surface area contributed by atoms with Crippen molar-refractivity contribution in [3.8, 4) is 5.75 Å². The van der Waals surface area contributed by atoms with Crippen molar-refractivity contribution in [2.24, 2.45) is 10.7 Å². The van der Waals surface area contributed by atoms with Gasteiger partial charge in [0.2, 0.25) is 9.84 Å². The molecule has 0 spiro atoms. The molecule has 0 unspecified atom stereocenters. The molecule has 0 fully saturated rings. The van der Waals surface area contributed by atoms with Gasteiger partial charge in [-0.1, -0.05) is 0 Å². The number of benzene rings is 1. The molecular formula is C9H8N2O3S. The second-order valence-electron chi connectivity index (χ2n) is 3.05. The lowest BCUT2D eigenvalue weighted by Gasteiger charge is -1.99. The molecule has 0 saturated carbocycles. The topological polar surface area (TPSA) is 92.8 Å². The summed E-state index contributed by atoms with van der Waals surface area (Å²) >= 11 is 0. The van der Waals surface area contributed by atoms with Gasteiger partial charge in [0.1, 0.15) is 11.6 Å². The summed E-state index contributed by atoms with van der Waals surface area (Å²) in [5.41, 5.74) is 5.72. The SMILES string of the molecule is NC1=CS(=O)(=O)C(c2ccc(O)cc2)=N1. The Morgan fingerprint density at radius 1 is 1.20 bits per heavy atom. The molecule has 1 aliphatic rings. The largest absolute Gasteiger partial charge is 0.508 e. The highest BCUT2D eigenvalue weighted by atomic mass is 32.2. The van der Waals surface area contributed by atoms with E-state index >= 15 is 0 Å². The highest BCUT2D eigenvalue weighted by Crippen LogP contribution is 2.19. The molecule has 1 aromatic rings. The summed E-state index contributed by atoms with van der Waals surface area (Å²) in [6.45, 7) is 0. The molecule has 15 heavy (non-hydrogen) atoms. The standard InChI is InChI=1S/C9H8N2O3S/c10-8-5-15(13,14)9(11-8)6-1-3-7(12)4-2-6/h1-5,12H,10H2. The van der Waals surface area contributed by atoms with E-state index in [1.165, 1.54) is 24.3 Å². The second-order valence-corrected chi connectivity index (χ2v) is 4.76. The number of sulfone groups is 1. The fourth-order valence-corrected chi connectivity index (χ4v) is 2.43. The van der Waals surface area contributed by atoms with Gasteiger partial charge in [0.25, 0.3) is 0 Å². The van der Waals surface area contributed by atoms with Crippen molar-refractivity contribution in [1.29, 1.82) is 0 Å². The lowest BCUT2D eigenvalue weighted by Crippen LogP contribution is -2.09. The van der Waals surface area contributed by atoms with Crippen molar-refractivity contribution in [2.45, 2.75) is 0 Å². The van der Waals surface area contributed by atoms with Gasteiger partial charge in [0.05, 0.1) is 5.41 Å². The number of hydrogen-bond acceptors (Lipinski definition) is 5. The van der Waals surface area contributed by atoms with Crippen LogP contribution < -0.4 is 5.73 Å². The molecule has 0 aliphatic carbocycles. The van der Waals surface area contributed by atoms with Crippen LogP contribution in [-0.4, -0.2) is 18.6 Å². The third kappa shape index (κ3) is 1.71. The summed E-state index contributed by atoms with van der Waals surface area (Å²) in [4.78, 5) is 3.73. The summed E-state index contributed by atoms with van der Waals surface area (Å²) in [5.74, 6) is 0.0359. The first kappa shape index (κ1) is 9.72. The molecular weight excluding hydrogens is 216 g/mol. The zero-order chi connectivity index (χ0) is 11.1. The minimum absolute atomic E-state index is 0.0296. The molecule has 0 bridgehead atoms. The van der Waals surface area contributed by atoms with E-state index in [1.54, 1.807) is 0 Å². The molecule has 0 aromatic heterocycles. The molecule has 1 heterocycles. The smallest absolute Gasteiger partial charge is 0.221 e. The van der Waals surface area contributed by atoms with Gasteiger partial charge < -0.3 is 10.8 Å². The van der Waals surface area contributed by atoms with Crippen molar-refractivity contribution >= 4 is 14.9 Å². The van der Waals surface area contributed by atoms with Gasteiger partial charge in [-0.05, 0) is 24.3 Å². The van der Waals surface area contributed by atoms with E-state index in [0.717, 1.165) is 5.41 Å². The monoisotopic (exact) mass is 224 g/mol. The minimum atomic E-state index is -3.52. The number of phenolic OH excluding ortho intramolecular Hbond substituents is 1. The highest BCUT2D eigenvalue weighted by Gasteiger charge is 2.25. The van der Waals surface area contributed by atoms with Crippen LogP contribution >= 0.6 is 0 Å². The van der Waals surface area contributed by atoms with Gasteiger partial charge in [-0.2, -0.15) is 0 Å². The molecule has 0 atom stereocenters. The number of rotatable bonds is 1. The molecule has 6 heteroatoms. The average Bonchev–Trinajstić information content (AvgIpc) is 2.41. The average molecular weight is 224 g/mol. The number of phenols is 1. The summed E-state index contributed by atoms with van der Waals surface area (Å²) in [5, 5.41) is 9.88. The van der Waals surface area contributed by atoms with Crippen LogP contribution in [0.1, 0.15) is 5.56 Å². The summed E-state index contributed by atoms with van der Waals surface area (Å²) in [7, 11) is -3.52. The van der Waals surface area contributed by atoms with Crippen LogP contribution in [0.3, 0.4) is 0 Å². The van der Waals surface area contributed by atoms with Crippen LogP contribution in [0.2, 0.25) is 0 Å². The van der Waals surface area contributed by atoms with E-state index in [2.05, 4.69) is 4.99 Å². The Morgan fingerprint density at radius 3 is 2.27 bits per heavy atom. The van der Waals surface area contributed by atoms with Gasteiger partial charge in [0.15, 0.2) is 5.04 Å². The molecule has 0 radical (unpaired) electrons. The first-order valence-electron chi connectivity index (χ1n) is 4.09. The molecule has 1 aromatic carbocycles. The number of nitrogens with two attached hydrogens (primary N) is 1. The Hall–Kier alpha value is -1.82. The molecule has 0 amide bonds. The van der Waals surface area contributed by atoms with Gasteiger partial charge in [-0.25, -0.2) is 13.4 Å². The molecule has 0 saturated heterocycles. The second kappa shape index (κ2) is 3.09. The van der Waals surface area contributed by atoms with Crippen LogP contribution in [0.5, 0.6) is 5.75 Å². The summed E-state index contributed by atoms with van der Waals surface area (Å²) < 4.78 is 23.0. The van der Waals surface area contributed by atoms with E-state index in [0.29, 0.717) is 5.56 Å². The number of aromatic hydroxyl groups is 1. The maximum atomic E-state index is 11.5. The zero-order valence-electron chi connectivity index (χ0n) is 7.58. The fourth-order valence-electron chi connectivity index (χ4n) is 1.25. The Bertz CT molecular complexity index is 556. The summed E-state index contributed by atoms with van der Waals surface area (Å²) in [6, 6.07) is 5.72. The van der Waals surface area contributed by atoms with Crippen LogP contribution in [0.15, 0.2) is 40.5 Å². The van der Waals surface area contributed by atoms with E-state index in [9.17, 15) is 8.42 Å². The van der Waals surface area contributed by atoms with Crippen LogP contribution in [0.4, 0.5) is 0 Å². The number of hydrogen-bond donors (Lipinski definition) is 2. The van der Waals surface area contributed by atoms with Gasteiger partial charge in [-0.3, -0.25) is 0 Å². The van der Waals surface area contributed by atoms with Crippen LogP contribution in [0.25, 0.3) is 0 Å². The minimum Gasteiger partial charge on any atom is -0.508 e. The maximum Gasteiger partial charge on any atom is 0.221 e. The van der Waals surface area contributed by atoms with Crippen molar-refractivity contribution in [3.05, 3.63) is 41.1 Å². The normalized spacial score (nSPS) is 18.4. The predicted molar refractivity (Wildman–Crippen MR) is 55.8 cm³/mol. The third-order valence-electron chi connectivity index (χ3n) is 1.89. The van der Waals surface area contributed by atoms with Crippen LogP contribution in [0, 0.1) is 0 Å². The first-order valence-corrected chi connectivity index (χ1v) is 5.64. The summed E-state index contributed by atoms with van der Waals surface area (Å²) in [6.07, 6.45) is 0. The van der Waals surface area contributed by atoms with Gasteiger partial charge in [-0.15, -0.1) is 0 Å². The highest BCUT2D eigenvalue weighted by molar-refractivity contribution is 8.09. The molecule has 1 aliphatic heterocycles. The van der Waals surface area contributed by atoms with E-state index in [1.807, 2.05) is 0 Å². The zero-order valence-corrected chi connectivity index (χ0v) is 8.40. The predicted octanol–water partition coefficient (Wildman–Crippen LogP) is 0.325.